The molecular weight excluding hydrogens is 318 g/mol. The van der Waals surface area contributed by atoms with Gasteiger partial charge in [0.25, 0.3) is 0 Å². The lowest BCUT2D eigenvalue weighted by Crippen LogP contribution is -2.05. The molecule has 0 bridgehead atoms. The number of rotatable bonds is 3. The molecule has 2 rings (SSSR count). The van der Waals surface area contributed by atoms with E-state index in [4.69, 9.17) is 11.6 Å². The van der Waals surface area contributed by atoms with Gasteiger partial charge in [-0.2, -0.15) is 0 Å². The van der Waals surface area contributed by atoms with Gasteiger partial charge in [-0.1, -0.05) is 17.7 Å². The average molecular weight is 331 g/mol. The summed E-state index contributed by atoms with van der Waals surface area (Å²) in [5.74, 6) is 0. The lowest BCUT2D eigenvalue weighted by molar-refractivity contribution is 0.907. The van der Waals surface area contributed by atoms with Crippen LogP contribution in [0, 0.1) is 6.92 Å². The molecule has 0 amide bonds. The Morgan fingerprint density at radius 2 is 2.12 bits per heavy atom. The highest BCUT2D eigenvalue weighted by atomic mass is 79.9. The van der Waals surface area contributed by atoms with Gasteiger partial charge in [-0.15, -0.1) is 11.3 Å². The minimum atomic E-state index is 0.256. The molecule has 1 aromatic heterocycles. The number of benzene rings is 1. The molecule has 0 aliphatic rings. The normalized spacial score (nSPS) is 12.5. The summed E-state index contributed by atoms with van der Waals surface area (Å²) >= 11 is 11.4. The first kappa shape index (κ1) is 12.9. The minimum Gasteiger partial charge on any atom is -0.377 e. The molecular formula is C13H13BrClNS. The molecule has 2 aromatic rings. The van der Waals surface area contributed by atoms with E-state index in [1.54, 1.807) is 11.3 Å². The van der Waals surface area contributed by atoms with Crippen LogP contribution < -0.4 is 5.32 Å². The molecule has 1 heterocycles. The summed E-state index contributed by atoms with van der Waals surface area (Å²) in [7, 11) is 0. The highest BCUT2D eigenvalue weighted by molar-refractivity contribution is 9.10. The zero-order valence-corrected chi connectivity index (χ0v) is 12.8. The zero-order chi connectivity index (χ0) is 12.4. The first-order valence-electron chi connectivity index (χ1n) is 5.33. The Hall–Kier alpha value is -0.510. The number of halogens is 2. The van der Waals surface area contributed by atoms with Crippen molar-refractivity contribution in [2.45, 2.75) is 19.9 Å². The van der Waals surface area contributed by atoms with Gasteiger partial charge in [-0.25, -0.2) is 0 Å². The fraction of sp³-hybridized carbons (Fsp3) is 0.231. The van der Waals surface area contributed by atoms with E-state index in [9.17, 15) is 0 Å². The summed E-state index contributed by atoms with van der Waals surface area (Å²) in [6, 6.07) is 8.44. The van der Waals surface area contributed by atoms with E-state index in [-0.39, 0.29) is 6.04 Å². The average Bonchev–Trinajstić information content (AvgIpc) is 2.69. The van der Waals surface area contributed by atoms with Crippen LogP contribution in [0.15, 0.2) is 34.1 Å². The van der Waals surface area contributed by atoms with E-state index in [0.29, 0.717) is 0 Å². The maximum absolute atomic E-state index is 6.20. The molecule has 90 valence electrons. The van der Waals surface area contributed by atoms with E-state index >= 15 is 0 Å². The van der Waals surface area contributed by atoms with Gasteiger partial charge in [0.2, 0.25) is 0 Å². The molecule has 0 aliphatic heterocycles. The van der Waals surface area contributed by atoms with Crippen LogP contribution in [0.3, 0.4) is 0 Å². The number of thiophene rings is 1. The standard InChI is InChI=1S/C13H13BrClNS/c1-8-3-4-12(11(15)5-8)16-9(2)13-6-10(14)7-17-13/h3-7,9,16H,1-2H3. The minimum absolute atomic E-state index is 0.256. The monoisotopic (exact) mass is 329 g/mol. The van der Waals surface area contributed by atoms with Crippen molar-refractivity contribution >= 4 is 44.6 Å². The fourth-order valence-electron chi connectivity index (χ4n) is 1.60. The van der Waals surface area contributed by atoms with E-state index < -0.39 is 0 Å². The van der Waals surface area contributed by atoms with Crippen molar-refractivity contribution < 1.29 is 0 Å². The number of anilines is 1. The lowest BCUT2D eigenvalue weighted by atomic mass is 10.2. The molecule has 0 saturated heterocycles. The van der Waals surface area contributed by atoms with Crippen molar-refractivity contribution in [2.75, 3.05) is 5.32 Å². The molecule has 0 fully saturated rings. The summed E-state index contributed by atoms with van der Waals surface area (Å²) in [4.78, 5) is 1.29. The fourth-order valence-corrected chi connectivity index (χ4v) is 3.34. The SMILES string of the molecule is Cc1ccc(NC(C)c2cc(Br)cs2)c(Cl)c1. The largest absolute Gasteiger partial charge is 0.377 e. The molecule has 1 unspecified atom stereocenters. The molecule has 1 N–H and O–H groups in total. The van der Waals surface area contributed by atoms with Crippen LogP contribution in [0.4, 0.5) is 5.69 Å². The molecule has 0 aliphatic carbocycles. The van der Waals surface area contributed by atoms with Gasteiger partial charge >= 0.3 is 0 Å². The molecule has 0 radical (unpaired) electrons. The van der Waals surface area contributed by atoms with Gasteiger partial charge in [0.1, 0.15) is 0 Å². The predicted molar refractivity (Wildman–Crippen MR) is 80.2 cm³/mol. The van der Waals surface area contributed by atoms with Crippen molar-refractivity contribution in [1.29, 1.82) is 0 Å². The highest BCUT2D eigenvalue weighted by Crippen LogP contribution is 2.30. The second-order valence-electron chi connectivity index (χ2n) is 4.02. The van der Waals surface area contributed by atoms with Gasteiger partial charge in [0.15, 0.2) is 0 Å². The summed E-state index contributed by atoms with van der Waals surface area (Å²) in [6.45, 7) is 4.17. The Morgan fingerprint density at radius 1 is 1.35 bits per heavy atom. The second-order valence-corrected chi connectivity index (χ2v) is 6.28. The number of hydrogen-bond acceptors (Lipinski definition) is 2. The van der Waals surface area contributed by atoms with Crippen LogP contribution in [0.5, 0.6) is 0 Å². The van der Waals surface area contributed by atoms with E-state index in [1.807, 2.05) is 19.1 Å². The van der Waals surface area contributed by atoms with Gasteiger partial charge in [-0.3, -0.25) is 0 Å². The number of aryl methyl sites for hydroxylation is 1. The Balaban J connectivity index is 2.15. The number of nitrogens with one attached hydrogen (secondary N) is 1. The maximum atomic E-state index is 6.20. The van der Waals surface area contributed by atoms with Gasteiger partial charge in [0, 0.05) is 14.7 Å². The molecule has 17 heavy (non-hydrogen) atoms. The summed E-state index contributed by atoms with van der Waals surface area (Å²) in [5.41, 5.74) is 2.15. The third kappa shape index (κ3) is 3.24. The van der Waals surface area contributed by atoms with Gasteiger partial charge in [0.05, 0.1) is 16.8 Å². The van der Waals surface area contributed by atoms with Crippen molar-refractivity contribution in [3.63, 3.8) is 0 Å². The summed E-state index contributed by atoms with van der Waals surface area (Å²) in [6.07, 6.45) is 0. The van der Waals surface area contributed by atoms with Gasteiger partial charge in [-0.05, 0) is 53.5 Å². The van der Waals surface area contributed by atoms with E-state index in [1.165, 1.54) is 10.4 Å². The molecule has 4 heteroatoms. The Kier molecular flexibility index (Phi) is 4.13. The zero-order valence-electron chi connectivity index (χ0n) is 9.63. The number of hydrogen-bond donors (Lipinski definition) is 1. The first-order valence-corrected chi connectivity index (χ1v) is 7.38. The Bertz CT molecular complexity index is 524. The summed E-state index contributed by atoms with van der Waals surface area (Å²) in [5, 5.41) is 6.28. The Morgan fingerprint density at radius 3 is 2.71 bits per heavy atom. The van der Waals surface area contributed by atoms with Crippen LogP contribution in [-0.4, -0.2) is 0 Å². The van der Waals surface area contributed by atoms with E-state index in [0.717, 1.165) is 15.2 Å². The third-order valence-corrected chi connectivity index (χ3v) is 4.70. The van der Waals surface area contributed by atoms with Crippen molar-refractivity contribution in [2.24, 2.45) is 0 Å². The molecule has 1 aromatic carbocycles. The molecule has 1 atom stereocenters. The molecule has 1 nitrogen and oxygen atoms in total. The van der Waals surface area contributed by atoms with Crippen LogP contribution in [-0.2, 0) is 0 Å². The van der Waals surface area contributed by atoms with Crippen LogP contribution in [0.25, 0.3) is 0 Å². The molecule has 0 spiro atoms. The lowest BCUT2D eigenvalue weighted by Gasteiger charge is -2.15. The van der Waals surface area contributed by atoms with Gasteiger partial charge < -0.3 is 5.32 Å². The highest BCUT2D eigenvalue weighted by Gasteiger charge is 2.09. The van der Waals surface area contributed by atoms with Crippen LogP contribution in [0.1, 0.15) is 23.4 Å². The molecule has 0 saturated carbocycles. The topological polar surface area (TPSA) is 12.0 Å². The third-order valence-electron chi connectivity index (χ3n) is 2.51. The van der Waals surface area contributed by atoms with Crippen LogP contribution in [0.2, 0.25) is 5.02 Å². The predicted octanol–water partition coefficient (Wildman–Crippen LogP) is 5.65. The Labute approximate surface area is 119 Å². The maximum Gasteiger partial charge on any atom is 0.0640 e. The van der Waals surface area contributed by atoms with Crippen LogP contribution >= 0.6 is 38.9 Å². The second kappa shape index (κ2) is 5.42. The smallest absolute Gasteiger partial charge is 0.0640 e. The summed E-state index contributed by atoms with van der Waals surface area (Å²) < 4.78 is 1.13. The van der Waals surface area contributed by atoms with Crippen molar-refractivity contribution in [3.05, 3.63) is 49.6 Å². The first-order chi connectivity index (χ1) is 8.06. The van der Waals surface area contributed by atoms with Crippen molar-refractivity contribution in [1.82, 2.24) is 0 Å². The van der Waals surface area contributed by atoms with E-state index in [2.05, 4.69) is 45.7 Å². The van der Waals surface area contributed by atoms with Crippen molar-refractivity contribution in [3.8, 4) is 0 Å². The quantitative estimate of drug-likeness (QED) is 0.767.